The second-order valence-corrected chi connectivity index (χ2v) is 7.20. The fourth-order valence-corrected chi connectivity index (χ4v) is 3.40. The number of anilines is 1. The minimum atomic E-state index is -0.654. The molecule has 1 aliphatic rings. The van der Waals surface area contributed by atoms with E-state index in [9.17, 15) is 14.0 Å². The van der Waals surface area contributed by atoms with Crippen LogP contribution in [0, 0.1) is 5.82 Å². The van der Waals surface area contributed by atoms with Crippen LogP contribution in [-0.4, -0.2) is 30.8 Å². The molecule has 2 aromatic rings. The van der Waals surface area contributed by atoms with Crippen LogP contribution >= 0.6 is 11.6 Å². The average Bonchev–Trinajstić information content (AvgIpc) is 2.56. The lowest BCUT2D eigenvalue weighted by Gasteiger charge is -2.40. The first-order chi connectivity index (χ1) is 12.3. The van der Waals surface area contributed by atoms with E-state index in [1.807, 2.05) is 0 Å². The van der Waals surface area contributed by atoms with Crippen LogP contribution < -0.4 is 5.32 Å². The van der Waals surface area contributed by atoms with Gasteiger partial charge in [0.05, 0.1) is 16.0 Å². The third kappa shape index (κ3) is 3.31. The lowest BCUT2D eigenvalue weighted by Crippen LogP contribution is -2.46. The van der Waals surface area contributed by atoms with Crippen molar-refractivity contribution in [3.63, 3.8) is 0 Å². The third-order valence-corrected chi connectivity index (χ3v) is 5.23. The first kappa shape index (κ1) is 18.4. The summed E-state index contributed by atoms with van der Waals surface area (Å²) in [6.45, 7) is 0. The van der Waals surface area contributed by atoms with Crippen molar-refractivity contribution in [2.45, 2.75) is 24.7 Å². The Morgan fingerprint density at radius 2 is 1.77 bits per heavy atom. The van der Waals surface area contributed by atoms with E-state index < -0.39 is 5.41 Å². The summed E-state index contributed by atoms with van der Waals surface area (Å²) >= 11 is 6.12. The number of halogens is 2. The fraction of sp³-hybridized carbons (Fsp3) is 0.300. The number of hydrogen-bond acceptors (Lipinski definition) is 2. The van der Waals surface area contributed by atoms with Gasteiger partial charge in [0.15, 0.2) is 0 Å². The number of nitrogens with one attached hydrogen (secondary N) is 1. The molecule has 0 saturated heterocycles. The molecule has 1 aliphatic carbocycles. The maximum Gasteiger partial charge on any atom is 0.254 e. The van der Waals surface area contributed by atoms with E-state index >= 15 is 0 Å². The van der Waals surface area contributed by atoms with Crippen molar-refractivity contribution in [3.05, 3.63) is 64.4 Å². The van der Waals surface area contributed by atoms with Crippen molar-refractivity contribution >= 4 is 29.1 Å². The van der Waals surface area contributed by atoms with Crippen LogP contribution in [0.3, 0.4) is 0 Å². The highest BCUT2D eigenvalue weighted by molar-refractivity contribution is 6.34. The van der Waals surface area contributed by atoms with Crippen molar-refractivity contribution in [3.8, 4) is 0 Å². The van der Waals surface area contributed by atoms with Gasteiger partial charge in [-0.2, -0.15) is 0 Å². The molecule has 0 bridgehead atoms. The molecule has 0 spiro atoms. The first-order valence-electron chi connectivity index (χ1n) is 8.42. The summed E-state index contributed by atoms with van der Waals surface area (Å²) < 4.78 is 13.2. The van der Waals surface area contributed by atoms with E-state index in [2.05, 4.69) is 5.32 Å². The molecule has 0 atom stereocenters. The van der Waals surface area contributed by atoms with E-state index in [-0.39, 0.29) is 17.6 Å². The topological polar surface area (TPSA) is 49.4 Å². The number of benzene rings is 2. The minimum Gasteiger partial charge on any atom is -0.345 e. The highest BCUT2D eigenvalue weighted by Gasteiger charge is 2.45. The van der Waals surface area contributed by atoms with E-state index in [1.54, 1.807) is 44.4 Å². The van der Waals surface area contributed by atoms with Crippen molar-refractivity contribution < 1.29 is 14.0 Å². The standard InChI is InChI=1S/C20H20ClFN2O2/c1-24(2)18(25)16-12-15(8-9-17(16)21)23-19(26)20(10-3-11-20)13-4-6-14(22)7-5-13/h4-9,12H,3,10-11H2,1-2H3,(H,23,26). The summed E-state index contributed by atoms with van der Waals surface area (Å²) in [6.07, 6.45) is 2.36. The second kappa shape index (κ2) is 7.08. The lowest BCUT2D eigenvalue weighted by molar-refractivity contribution is -0.124. The van der Waals surface area contributed by atoms with Gasteiger partial charge in [-0.1, -0.05) is 30.2 Å². The highest BCUT2D eigenvalue weighted by Crippen LogP contribution is 2.44. The Balaban J connectivity index is 1.86. The first-order valence-corrected chi connectivity index (χ1v) is 8.80. The van der Waals surface area contributed by atoms with Gasteiger partial charge in [0.2, 0.25) is 5.91 Å². The van der Waals surface area contributed by atoms with E-state index in [4.69, 9.17) is 11.6 Å². The maximum atomic E-state index is 13.2. The molecule has 1 saturated carbocycles. The Kier molecular flexibility index (Phi) is 5.01. The van der Waals surface area contributed by atoms with Gasteiger partial charge in [-0.05, 0) is 48.7 Å². The van der Waals surface area contributed by atoms with Gasteiger partial charge in [-0.15, -0.1) is 0 Å². The summed E-state index contributed by atoms with van der Waals surface area (Å²) in [7, 11) is 3.28. The zero-order valence-corrected chi connectivity index (χ0v) is 15.4. The molecule has 2 aromatic carbocycles. The zero-order chi connectivity index (χ0) is 18.9. The van der Waals surface area contributed by atoms with Crippen LogP contribution in [0.4, 0.5) is 10.1 Å². The van der Waals surface area contributed by atoms with E-state index in [1.165, 1.54) is 17.0 Å². The Morgan fingerprint density at radius 3 is 2.31 bits per heavy atom. The summed E-state index contributed by atoms with van der Waals surface area (Å²) in [5, 5.41) is 3.23. The fourth-order valence-electron chi connectivity index (χ4n) is 3.20. The van der Waals surface area contributed by atoms with Crippen LogP contribution in [0.1, 0.15) is 35.2 Å². The molecule has 136 valence electrons. The van der Waals surface area contributed by atoms with Gasteiger partial charge < -0.3 is 10.2 Å². The molecular formula is C20H20ClFN2O2. The third-order valence-electron chi connectivity index (χ3n) is 4.90. The Hall–Kier alpha value is -2.40. The summed E-state index contributed by atoms with van der Waals surface area (Å²) in [5.74, 6) is -0.711. The van der Waals surface area contributed by atoms with Crippen molar-refractivity contribution in [1.82, 2.24) is 4.90 Å². The van der Waals surface area contributed by atoms with Gasteiger partial charge in [0.25, 0.3) is 5.91 Å². The van der Waals surface area contributed by atoms with Gasteiger partial charge in [-0.3, -0.25) is 9.59 Å². The van der Waals surface area contributed by atoms with Crippen molar-refractivity contribution in [2.24, 2.45) is 0 Å². The molecule has 0 aromatic heterocycles. The highest BCUT2D eigenvalue weighted by atomic mass is 35.5. The molecule has 6 heteroatoms. The van der Waals surface area contributed by atoms with E-state index in [0.717, 1.165) is 12.0 Å². The minimum absolute atomic E-state index is 0.152. The van der Waals surface area contributed by atoms with Crippen molar-refractivity contribution in [2.75, 3.05) is 19.4 Å². The van der Waals surface area contributed by atoms with Crippen LogP contribution in [0.2, 0.25) is 5.02 Å². The number of carbonyl (C=O) groups is 2. The quantitative estimate of drug-likeness (QED) is 0.870. The SMILES string of the molecule is CN(C)C(=O)c1cc(NC(=O)C2(c3ccc(F)cc3)CCC2)ccc1Cl. The summed E-state index contributed by atoms with van der Waals surface area (Å²) in [4.78, 5) is 26.6. The molecule has 0 aliphatic heterocycles. The van der Waals surface area contributed by atoms with Crippen LogP contribution in [-0.2, 0) is 10.2 Å². The normalized spacial score (nSPS) is 15.1. The van der Waals surface area contributed by atoms with Gasteiger partial charge >= 0.3 is 0 Å². The molecule has 0 unspecified atom stereocenters. The maximum absolute atomic E-state index is 13.2. The Morgan fingerprint density at radius 1 is 1.12 bits per heavy atom. The molecule has 0 radical (unpaired) electrons. The van der Waals surface area contributed by atoms with Crippen LogP contribution in [0.5, 0.6) is 0 Å². The van der Waals surface area contributed by atoms with E-state index in [0.29, 0.717) is 29.1 Å². The largest absolute Gasteiger partial charge is 0.345 e. The zero-order valence-electron chi connectivity index (χ0n) is 14.7. The van der Waals surface area contributed by atoms with Gasteiger partial charge in [-0.25, -0.2) is 4.39 Å². The van der Waals surface area contributed by atoms with Crippen LogP contribution in [0.15, 0.2) is 42.5 Å². The summed E-state index contributed by atoms with van der Waals surface area (Å²) in [5.41, 5.74) is 0.997. The molecule has 1 fully saturated rings. The van der Waals surface area contributed by atoms with Crippen molar-refractivity contribution in [1.29, 1.82) is 0 Å². The molecule has 3 rings (SSSR count). The smallest absolute Gasteiger partial charge is 0.254 e. The number of hydrogen-bond donors (Lipinski definition) is 1. The molecule has 26 heavy (non-hydrogen) atoms. The predicted octanol–water partition coefficient (Wildman–Crippen LogP) is 4.24. The van der Waals surface area contributed by atoms with Crippen LogP contribution in [0.25, 0.3) is 0 Å². The molecular weight excluding hydrogens is 355 g/mol. The number of amides is 2. The molecule has 1 N–H and O–H groups in total. The Labute approximate surface area is 157 Å². The lowest BCUT2D eigenvalue weighted by atomic mass is 9.64. The average molecular weight is 375 g/mol. The number of rotatable bonds is 4. The molecule has 4 nitrogen and oxygen atoms in total. The Bertz CT molecular complexity index is 845. The molecule has 0 heterocycles. The van der Waals surface area contributed by atoms with Gasteiger partial charge in [0.1, 0.15) is 5.82 Å². The number of carbonyl (C=O) groups excluding carboxylic acids is 2. The summed E-state index contributed by atoms with van der Waals surface area (Å²) in [6, 6.07) is 10.9. The number of nitrogens with zero attached hydrogens (tertiary/aromatic N) is 1. The van der Waals surface area contributed by atoms with Gasteiger partial charge in [0, 0.05) is 19.8 Å². The second-order valence-electron chi connectivity index (χ2n) is 6.79. The molecule has 2 amide bonds. The monoisotopic (exact) mass is 374 g/mol. The predicted molar refractivity (Wildman–Crippen MR) is 100 cm³/mol.